The van der Waals surface area contributed by atoms with Gasteiger partial charge in [-0.05, 0) is 20.8 Å². The number of aliphatic imine (C=N–C) groups is 1. The van der Waals surface area contributed by atoms with Crippen LogP contribution in [0.5, 0.6) is 0 Å². The number of nitrogens with two attached hydrogens (primary N) is 1. The van der Waals surface area contributed by atoms with E-state index in [1.54, 1.807) is 11.3 Å². The zero-order valence-electron chi connectivity index (χ0n) is 10.3. The molecule has 0 aromatic carbocycles. The summed E-state index contributed by atoms with van der Waals surface area (Å²) in [5, 5.41) is 6.25. The molecule has 1 unspecified atom stereocenters. The Balaban J connectivity index is 2.49. The highest BCUT2D eigenvalue weighted by atomic mass is 32.1. The zero-order valence-corrected chi connectivity index (χ0v) is 11.1. The summed E-state index contributed by atoms with van der Waals surface area (Å²) in [7, 11) is 0. The van der Waals surface area contributed by atoms with Crippen LogP contribution in [-0.4, -0.2) is 23.5 Å². The molecule has 0 amide bonds. The number of hydrogen-bond donors (Lipinski definition) is 2. The van der Waals surface area contributed by atoms with Gasteiger partial charge in [-0.2, -0.15) is 0 Å². The number of hydrogen-bond acceptors (Lipinski definition) is 3. The smallest absolute Gasteiger partial charge is 0.188 e. The summed E-state index contributed by atoms with van der Waals surface area (Å²) in [6, 6.07) is 0.321. The molecule has 0 bridgehead atoms. The Kier molecular flexibility index (Phi) is 4.73. The zero-order chi connectivity index (χ0) is 12.1. The molecule has 0 aliphatic rings. The molecule has 5 heteroatoms. The molecule has 0 radical (unpaired) electrons. The summed E-state index contributed by atoms with van der Waals surface area (Å²) >= 11 is 1.68. The molecule has 1 rings (SSSR count). The Morgan fingerprint density at radius 3 is 2.75 bits per heavy atom. The quantitative estimate of drug-likeness (QED) is 0.624. The van der Waals surface area contributed by atoms with Crippen LogP contribution in [0.4, 0.5) is 0 Å². The van der Waals surface area contributed by atoms with E-state index in [1.165, 1.54) is 0 Å². The Bertz CT molecular complexity index is 357. The predicted molar refractivity (Wildman–Crippen MR) is 70.0 cm³/mol. The Morgan fingerprint density at radius 1 is 1.56 bits per heavy atom. The van der Waals surface area contributed by atoms with Gasteiger partial charge in [0.2, 0.25) is 0 Å². The van der Waals surface area contributed by atoms with Gasteiger partial charge in [-0.3, -0.25) is 4.99 Å². The summed E-state index contributed by atoms with van der Waals surface area (Å²) in [6.45, 7) is 8.87. The molecule has 1 aromatic heterocycles. The van der Waals surface area contributed by atoms with Crippen LogP contribution in [0.3, 0.4) is 0 Å². The average Bonchev–Trinajstić information content (AvgIpc) is 2.60. The topological polar surface area (TPSA) is 63.3 Å². The maximum absolute atomic E-state index is 5.73. The first-order chi connectivity index (χ1) is 7.49. The van der Waals surface area contributed by atoms with Crippen LogP contribution in [0, 0.1) is 6.92 Å². The van der Waals surface area contributed by atoms with Gasteiger partial charge in [0.05, 0.1) is 11.6 Å². The first kappa shape index (κ1) is 13.0. The van der Waals surface area contributed by atoms with Gasteiger partial charge < -0.3 is 11.1 Å². The number of guanidine groups is 1. The second kappa shape index (κ2) is 5.84. The van der Waals surface area contributed by atoms with E-state index in [4.69, 9.17) is 5.73 Å². The fraction of sp³-hybridized carbons (Fsp3) is 0.636. The van der Waals surface area contributed by atoms with Crippen molar-refractivity contribution in [2.75, 3.05) is 6.54 Å². The van der Waals surface area contributed by atoms with E-state index >= 15 is 0 Å². The molecule has 0 saturated heterocycles. The summed E-state index contributed by atoms with van der Waals surface area (Å²) < 4.78 is 0. The van der Waals surface area contributed by atoms with Crippen LogP contribution in [-0.2, 0) is 0 Å². The lowest BCUT2D eigenvalue weighted by Gasteiger charge is -2.10. The van der Waals surface area contributed by atoms with Crippen LogP contribution in [0.1, 0.15) is 37.4 Å². The average molecular weight is 240 g/mol. The van der Waals surface area contributed by atoms with Crippen molar-refractivity contribution in [3.8, 4) is 0 Å². The van der Waals surface area contributed by atoms with Gasteiger partial charge in [0, 0.05) is 23.0 Å². The van der Waals surface area contributed by atoms with Crippen molar-refractivity contribution in [2.45, 2.75) is 39.7 Å². The van der Waals surface area contributed by atoms with Gasteiger partial charge in [0.25, 0.3) is 0 Å². The third kappa shape index (κ3) is 4.18. The third-order valence-corrected chi connectivity index (χ3v) is 3.22. The minimum atomic E-state index is 0.321. The van der Waals surface area contributed by atoms with E-state index in [0.717, 1.165) is 10.7 Å². The molecule has 1 atom stereocenters. The monoisotopic (exact) mass is 240 g/mol. The molecule has 1 heterocycles. The lowest BCUT2D eigenvalue weighted by Crippen LogP contribution is -2.37. The van der Waals surface area contributed by atoms with Crippen LogP contribution in [0.2, 0.25) is 0 Å². The Hall–Kier alpha value is -1.10. The van der Waals surface area contributed by atoms with E-state index in [9.17, 15) is 0 Å². The normalized spacial score (nSPS) is 14.2. The summed E-state index contributed by atoms with van der Waals surface area (Å²) in [5.41, 5.74) is 6.80. The Morgan fingerprint density at radius 2 is 2.25 bits per heavy atom. The number of nitrogens with zero attached hydrogens (tertiary/aromatic N) is 2. The molecule has 0 saturated carbocycles. The molecule has 90 valence electrons. The molecule has 0 aliphatic carbocycles. The van der Waals surface area contributed by atoms with Crippen molar-refractivity contribution in [1.29, 1.82) is 0 Å². The number of thiazole rings is 1. The number of nitrogens with one attached hydrogen (secondary N) is 1. The molecule has 1 aromatic rings. The molecule has 4 nitrogen and oxygen atoms in total. The highest BCUT2D eigenvalue weighted by Gasteiger charge is 2.08. The van der Waals surface area contributed by atoms with Gasteiger partial charge >= 0.3 is 0 Å². The highest BCUT2D eigenvalue weighted by molar-refractivity contribution is 7.09. The van der Waals surface area contributed by atoms with Gasteiger partial charge in [0.1, 0.15) is 0 Å². The second-order valence-corrected chi connectivity index (χ2v) is 5.14. The van der Waals surface area contributed by atoms with E-state index < -0.39 is 0 Å². The Labute approximate surface area is 101 Å². The molecular formula is C11H20N4S. The predicted octanol–water partition coefficient (Wildman–Crippen LogP) is 1.87. The van der Waals surface area contributed by atoms with Crippen molar-refractivity contribution >= 4 is 17.3 Å². The number of rotatable bonds is 4. The maximum Gasteiger partial charge on any atom is 0.188 e. The molecule has 3 N–H and O–H groups in total. The lowest BCUT2D eigenvalue weighted by atomic mass is 10.2. The molecule has 0 aliphatic heterocycles. The maximum atomic E-state index is 5.73. The van der Waals surface area contributed by atoms with Crippen molar-refractivity contribution in [3.05, 3.63) is 16.1 Å². The minimum absolute atomic E-state index is 0.321. The molecule has 0 fully saturated rings. The van der Waals surface area contributed by atoms with Gasteiger partial charge in [-0.15, -0.1) is 11.3 Å². The molecule has 16 heavy (non-hydrogen) atoms. The number of aromatic nitrogens is 1. The van der Waals surface area contributed by atoms with Crippen molar-refractivity contribution in [2.24, 2.45) is 10.7 Å². The first-order valence-corrected chi connectivity index (χ1v) is 6.35. The second-order valence-electron chi connectivity index (χ2n) is 4.25. The fourth-order valence-corrected chi connectivity index (χ4v) is 2.10. The van der Waals surface area contributed by atoms with Crippen molar-refractivity contribution in [1.82, 2.24) is 10.3 Å². The van der Waals surface area contributed by atoms with E-state index in [2.05, 4.69) is 27.6 Å². The van der Waals surface area contributed by atoms with Crippen molar-refractivity contribution < 1.29 is 0 Å². The van der Waals surface area contributed by atoms with Crippen LogP contribution >= 0.6 is 11.3 Å². The van der Waals surface area contributed by atoms with Crippen molar-refractivity contribution in [3.63, 3.8) is 0 Å². The summed E-state index contributed by atoms with van der Waals surface area (Å²) in [5.74, 6) is 0.835. The lowest BCUT2D eigenvalue weighted by molar-refractivity contribution is 0.710. The standard InChI is InChI=1S/C11H20N4S/c1-7(2)14-11(12)13-5-8(3)10-15-9(4)6-16-10/h6-8H,5H2,1-4H3,(H3,12,13,14). The first-order valence-electron chi connectivity index (χ1n) is 5.47. The summed E-state index contributed by atoms with van der Waals surface area (Å²) in [6.07, 6.45) is 0. The van der Waals surface area contributed by atoms with Crippen LogP contribution in [0.25, 0.3) is 0 Å². The fourth-order valence-electron chi connectivity index (χ4n) is 1.25. The van der Waals surface area contributed by atoms with Gasteiger partial charge in [-0.1, -0.05) is 6.92 Å². The number of aryl methyl sites for hydroxylation is 1. The summed E-state index contributed by atoms with van der Waals surface area (Å²) in [4.78, 5) is 8.74. The molecular weight excluding hydrogens is 220 g/mol. The highest BCUT2D eigenvalue weighted by Crippen LogP contribution is 2.19. The third-order valence-electron chi connectivity index (χ3n) is 2.03. The van der Waals surface area contributed by atoms with E-state index in [-0.39, 0.29) is 0 Å². The van der Waals surface area contributed by atoms with Crippen LogP contribution < -0.4 is 11.1 Å². The SMILES string of the molecule is Cc1csc(C(C)CN=C(N)NC(C)C)n1. The van der Waals surface area contributed by atoms with E-state index in [1.807, 2.05) is 20.8 Å². The van der Waals surface area contributed by atoms with Crippen LogP contribution in [0.15, 0.2) is 10.4 Å². The van der Waals surface area contributed by atoms with Gasteiger partial charge in [-0.25, -0.2) is 4.98 Å². The minimum Gasteiger partial charge on any atom is -0.370 e. The molecule has 0 spiro atoms. The largest absolute Gasteiger partial charge is 0.370 e. The van der Waals surface area contributed by atoms with Gasteiger partial charge in [0.15, 0.2) is 5.96 Å². The van der Waals surface area contributed by atoms with E-state index in [0.29, 0.717) is 24.5 Å².